The van der Waals surface area contributed by atoms with Crippen LogP contribution < -0.4 is 10.1 Å². The predicted octanol–water partition coefficient (Wildman–Crippen LogP) is 5.60. The van der Waals surface area contributed by atoms with E-state index in [0.717, 1.165) is 55.8 Å². The first-order chi connectivity index (χ1) is 15.5. The number of fused-ring (bicyclic) bond motifs is 5. The van der Waals surface area contributed by atoms with E-state index in [1.54, 1.807) is 7.11 Å². The molecule has 168 valence electrons. The first-order valence-electron chi connectivity index (χ1n) is 11.8. The minimum atomic E-state index is -0.0771. The lowest BCUT2D eigenvalue weighted by atomic mass is 9.66. The third-order valence-electron chi connectivity index (χ3n) is 7.62. The fourth-order valence-electron chi connectivity index (χ4n) is 6.14. The number of ether oxygens (including phenoxy) is 1. The van der Waals surface area contributed by atoms with Crippen LogP contribution in [0.4, 0.5) is 5.69 Å². The number of benzene rings is 2. The van der Waals surface area contributed by atoms with Gasteiger partial charge < -0.3 is 15.0 Å². The van der Waals surface area contributed by atoms with E-state index in [-0.39, 0.29) is 17.4 Å². The molecule has 5 heteroatoms. The van der Waals surface area contributed by atoms with Crippen molar-refractivity contribution in [2.75, 3.05) is 25.5 Å². The van der Waals surface area contributed by atoms with Gasteiger partial charge in [0.25, 0.3) is 0 Å². The summed E-state index contributed by atoms with van der Waals surface area (Å²) >= 11 is 0. The van der Waals surface area contributed by atoms with Crippen LogP contribution in [0.5, 0.6) is 5.75 Å². The van der Waals surface area contributed by atoms with Crippen LogP contribution in [0.25, 0.3) is 10.9 Å². The van der Waals surface area contributed by atoms with Gasteiger partial charge in [-0.25, -0.2) is 0 Å². The van der Waals surface area contributed by atoms with Crippen LogP contribution in [0.2, 0.25) is 0 Å². The van der Waals surface area contributed by atoms with Crippen molar-refractivity contribution in [2.24, 2.45) is 5.41 Å². The molecular weight excluding hydrogens is 398 g/mol. The number of anilines is 1. The number of hydrogen-bond donors (Lipinski definition) is 2. The Morgan fingerprint density at radius 2 is 2.09 bits per heavy atom. The normalized spacial score (nSPS) is 22.9. The van der Waals surface area contributed by atoms with Gasteiger partial charge in [0.15, 0.2) is 0 Å². The molecule has 2 aliphatic rings. The number of nitrogens with one attached hydrogen (secondary N) is 2. The molecule has 5 nitrogen and oxygen atoms in total. The lowest BCUT2D eigenvalue weighted by Crippen LogP contribution is -2.50. The molecule has 0 radical (unpaired) electrons. The highest BCUT2D eigenvalue weighted by molar-refractivity contribution is 5.92. The zero-order valence-corrected chi connectivity index (χ0v) is 19.3. The standard InChI is InChI=1S/C27H33N3O2/c1-4-27(17-24(31)28-19-14-18(2)15-20(16-19)32-3)11-7-12-30-13-10-22-21-8-5-6-9-23(21)29-25(22)26(27)30/h5-6,8-9,14-16,26,29H,4,7,10-13,17H2,1-3H3,(H,28,31)/t26-,27+/m1/s1. The van der Waals surface area contributed by atoms with Gasteiger partial charge in [-0.2, -0.15) is 0 Å². The van der Waals surface area contributed by atoms with Crippen molar-refractivity contribution in [1.29, 1.82) is 0 Å². The van der Waals surface area contributed by atoms with E-state index < -0.39 is 0 Å². The average molecular weight is 432 g/mol. The van der Waals surface area contributed by atoms with Crippen LogP contribution in [0.15, 0.2) is 42.5 Å². The number of H-pyrrole nitrogens is 1. The van der Waals surface area contributed by atoms with Crippen LogP contribution in [-0.2, 0) is 11.2 Å². The highest BCUT2D eigenvalue weighted by Crippen LogP contribution is 2.53. The second-order valence-corrected chi connectivity index (χ2v) is 9.53. The third kappa shape index (κ3) is 3.58. The van der Waals surface area contributed by atoms with Crippen LogP contribution in [0.1, 0.15) is 55.5 Å². The lowest BCUT2D eigenvalue weighted by Gasteiger charge is -2.51. The number of rotatable bonds is 5. The Morgan fingerprint density at radius 1 is 1.25 bits per heavy atom. The van der Waals surface area contributed by atoms with Crippen LogP contribution in [0.3, 0.4) is 0 Å². The summed E-state index contributed by atoms with van der Waals surface area (Å²) in [7, 11) is 1.66. The van der Waals surface area contributed by atoms with Gasteiger partial charge in [-0.1, -0.05) is 25.1 Å². The number of para-hydroxylation sites is 1. The zero-order valence-electron chi connectivity index (χ0n) is 19.3. The molecule has 1 aromatic heterocycles. The number of carbonyl (C=O) groups excluding carboxylic acids is 1. The number of aromatic amines is 1. The number of amides is 1. The fourth-order valence-corrected chi connectivity index (χ4v) is 6.14. The minimum absolute atomic E-state index is 0.0771. The largest absolute Gasteiger partial charge is 0.497 e. The van der Waals surface area contributed by atoms with E-state index in [2.05, 4.69) is 46.4 Å². The number of nitrogens with zero attached hydrogens (tertiary/aromatic N) is 1. The van der Waals surface area contributed by atoms with Gasteiger partial charge in [-0.15, -0.1) is 0 Å². The predicted molar refractivity (Wildman–Crippen MR) is 129 cm³/mol. The summed E-state index contributed by atoms with van der Waals surface area (Å²) in [5.74, 6) is 0.855. The molecule has 0 bridgehead atoms. The van der Waals surface area contributed by atoms with Crippen molar-refractivity contribution in [3.8, 4) is 5.75 Å². The van der Waals surface area contributed by atoms with Gasteiger partial charge in [0.2, 0.25) is 5.91 Å². The molecule has 1 fully saturated rings. The molecular formula is C27H33N3O2. The van der Waals surface area contributed by atoms with Crippen molar-refractivity contribution in [3.05, 3.63) is 59.3 Å². The van der Waals surface area contributed by atoms with Crippen molar-refractivity contribution in [3.63, 3.8) is 0 Å². The molecule has 0 aliphatic carbocycles. The molecule has 2 aliphatic heterocycles. The Morgan fingerprint density at radius 3 is 2.91 bits per heavy atom. The molecule has 0 unspecified atom stereocenters. The van der Waals surface area contributed by atoms with E-state index in [4.69, 9.17) is 4.74 Å². The summed E-state index contributed by atoms with van der Waals surface area (Å²) in [6, 6.07) is 14.8. The van der Waals surface area contributed by atoms with Crippen molar-refractivity contribution < 1.29 is 9.53 Å². The van der Waals surface area contributed by atoms with E-state index >= 15 is 0 Å². The maximum atomic E-state index is 13.3. The summed E-state index contributed by atoms with van der Waals surface area (Å²) in [6.07, 6.45) is 4.80. The monoisotopic (exact) mass is 431 g/mol. The van der Waals surface area contributed by atoms with Crippen LogP contribution in [0, 0.1) is 12.3 Å². The Balaban J connectivity index is 1.47. The third-order valence-corrected chi connectivity index (χ3v) is 7.62. The van der Waals surface area contributed by atoms with Crippen LogP contribution in [-0.4, -0.2) is 36.0 Å². The highest BCUT2D eigenvalue weighted by Gasteiger charge is 2.48. The molecule has 0 saturated carbocycles. The Bertz CT molecular complexity index is 1150. The summed E-state index contributed by atoms with van der Waals surface area (Å²) in [4.78, 5) is 19.7. The molecule has 3 aromatic rings. The SMILES string of the molecule is CC[C@@]1(CC(=O)Nc2cc(C)cc(OC)c2)CCCN2CCc3c([nH]c4ccccc34)[C@@H]21. The van der Waals surface area contributed by atoms with Gasteiger partial charge in [0, 0.05) is 46.7 Å². The van der Waals surface area contributed by atoms with E-state index in [9.17, 15) is 4.79 Å². The van der Waals surface area contributed by atoms with E-state index in [0.29, 0.717) is 6.42 Å². The molecule has 5 rings (SSSR count). The van der Waals surface area contributed by atoms with Gasteiger partial charge in [-0.05, 0) is 68.5 Å². The molecule has 1 saturated heterocycles. The molecule has 2 aromatic carbocycles. The Labute approximate surface area is 190 Å². The average Bonchev–Trinajstić information content (AvgIpc) is 3.17. The topological polar surface area (TPSA) is 57.4 Å². The van der Waals surface area contributed by atoms with Gasteiger partial charge >= 0.3 is 0 Å². The summed E-state index contributed by atoms with van der Waals surface area (Å²) in [5, 5.41) is 4.50. The molecule has 3 heterocycles. The first-order valence-corrected chi connectivity index (χ1v) is 11.8. The summed E-state index contributed by atoms with van der Waals surface area (Å²) in [5.41, 5.74) is 5.80. The maximum absolute atomic E-state index is 13.3. The molecule has 32 heavy (non-hydrogen) atoms. The fraction of sp³-hybridized carbons (Fsp3) is 0.444. The Hall–Kier alpha value is -2.79. The minimum Gasteiger partial charge on any atom is -0.497 e. The number of hydrogen-bond acceptors (Lipinski definition) is 3. The lowest BCUT2D eigenvalue weighted by molar-refractivity contribution is -0.121. The van der Waals surface area contributed by atoms with E-state index in [1.807, 2.05) is 25.1 Å². The summed E-state index contributed by atoms with van der Waals surface area (Å²) in [6.45, 7) is 6.45. The number of aromatic nitrogens is 1. The van der Waals surface area contributed by atoms with E-state index in [1.165, 1.54) is 22.2 Å². The molecule has 2 N–H and O–H groups in total. The van der Waals surface area contributed by atoms with Crippen molar-refractivity contribution in [2.45, 2.75) is 52.0 Å². The number of piperidine rings is 1. The number of carbonyl (C=O) groups is 1. The number of aryl methyl sites for hydroxylation is 1. The second kappa shape index (κ2) is 8.28. The highest BCUT2D eigenvalue weighted by atomic mass is 16.5. The second-order valence-electron chi connectivity index (χ2n) is 9.53. The first kappa shape index (κ1) is 21.1. The van der Waals surface area contributed by atoms with Gasteiger partial charge in [0.1, 0.15) is 5.75 Å². The molecule has 0 spiro atoms. The smallest absolute Gasteiger partial charge is 0.225 e. The number of methoxy groups -OCH3 is 1. The van der Waals surface area contributed by atoms with Gasteiger partial charge in [-0.3, -0.25) is 9.69 Å². The molecule has 1 amide bonds. The quantitative estimate of drug-likeness (QED) is 0.553. The van der Waals surface area contributed by atoms with Crippen molar-refractivity contribution in [1.82, 2.24) is 9.88 Å². The summed E-state index contributed by atoms with van der Waals surface area (Å²) < 4.78 is 5.38. The van der Waals surface area contributed by atoms with Crippen LogP contribution >= 0.6 is 0 Å². The Kier molecular flexibility index (Phi) is 5.46. The maximum Gasteiger partial charge on any atom is 0.225 e. The molecule has 2 atom stereocenters. The van der Waals surface area contributed by atoms with Crippen molar-refractivity contribution >= 4 is 22.5 Å². The van der Waals surface area contributed by atoms with Gasteiger partial charge in [0.05, 0.1) is 13.2 Å². The zero-order chi connectivity index (χ0) is 22.3.